The summed E-state index contributed by atoms with van der Waals surface area (Å²) in [7, 11) is 0. The lowest BCUT2D eigenvalue weighted by Gasteiger charge is -2.08. The van der Waals surface area contributed by atoms with E-state index in [0.717, 1.165) is 19.3 Å². The number of ether oxygens (including phenoxy) is 1. The molecule has 0 aliphatic rings. The van der Waals surface area contributed by atoms with Gasteiger partial charge in [0.1, 0.15) is 5.75 Å². The van der Waals surface area contributed by atoms with Gasteiger partial charge in [-0.2, -0.15) is 0 Å². The molecule has 1 aromatic rings. The lowest BCUT2D eigenvalue weighted by molar-refractivity contribution is -0.384. The number of hydrazine groups is 1. The van der Waals surface area contributed by atoms with Gasteiger partial charge in [-0.05, 0) is 18.6 Å². The van der Waals surface area contributed by atoms with Gasteiger partial charge in [0, 0.05) is 18.6 Å². The Morgan fingerprint density at radius 1 is 1.14 bits per heavy atom. The van der Waals surface area contributed by atoms with E-state index in [1.165, 1.54) is 24.3 Å². The van der Waals surface area contributed by atoms with E-state index in [-0.39, 0.29) is 18.2 Å². The number of rotatable bonds is 8. The zero-order valence-electron chi connectivity index (χ0n) is 12.3. The second kappa shape index (κ2) is 9.32. The molecule has 0 bridgehead atoms. The van der Waals surface area contributed by atoms with Crippen molar-refractivity contribution in [2.75, 3.05) is 6.61 Å². The van der Waals surface area contributed by atoms with Crippen LogP contribution in [0.1, 0.15) is 32.6 Å². The fraction of sp³-hybridized carbons (Fsp3) is 0.429. The third-order valence-corrected chi connectivity index (χ3v) is 2.77. The summed E-state index contributed by atoms with van der Waals surface area (Å²) in [6.07, 6.45) is 3.11. The van der Waals surface area contributed by atoms with Crippen LogP contribution in [-0.2, 0) is 9.59 Å². The molecule has 0 spiro atoms. The van der Waals surface area contributed by atoms with Gasteiger partial charge in [0.15, 0.2) is 6.61 Å². The number of benzene rings is 1. The first-order valence-corrected chi connectivity index (χ1v) is 6.98. The fourth-order valence-electron chi connectivity index (χ4n) is 1.59. The molecular weight excluding hydrogens is 290 g/mol. The first kappa shape index (κ1) is 17.4. The van der Waals surface area contributed by atoms with Gasteiger partial charge in [0.25, 0.3) is 11.6 Å². The predicted octanol–water partition coefficient (Wildman–Crippen LogP) is 1.70. The molecule has 0 fully saturated rings. The standard InChI is InChI=1S/C14H19N3O5/c1-2-3-4-5-13(18)15-16-14(19)10-22-12-8-6-11(7-9-12)17(20)21/h6-9H,2-5,10H2,1H3,(H,15,18)(H,16,19). The predicted molar refractivity (Wildman–Crippen MR) is 79.0 cm³/mol. The quantitative estimate of drug-likeness (QED) is 0.431. The van der Waals surface area contributed by atoms with Crippen LogP contribution in [0.4, 0.5) is 5.69 Å². The number of hydrogen-bond acceptors (Lipinski definition) is 5. The zero-order chi connectivity index (χ0) is 16.4. The van der Waals surface area contributed by atoms with E-state index in [1.807, 2.05) is 6.92 Å². The molecule has 0 unspecified atom stereocenters. The molecule has 1 rings (SSSR count). The maximum absolute atomic E-state index is 11.5. The van der Waals surface area contributed by atoms with E-state index in [2.05, 4.69) is 10.9 Å². The number of nitrogens with one attached hydrogen (secondary N) is 2. The van der Waals surface area contributed by atoms with E-state index in [4.69, 9.17) is 4.74 Å². The second-order valence-corrected chi connectivity index (χ2v) is 4.59. The monoisotopic (exact) mass is 309 g/mol. The van der Waals surface area contributed by atoms with Gasteiger partial charge in [-0.3, -0.25) is 30.6 Å². The van der Waals surface area contributed by atoms with Crippen molar-refractivity contribution >= 4 is 17.5 Å². The molecule has 0 saturated heterocycles. The highest BCUT2D eigenvalue weighted by atomic mass is 16.6. The summed E-state index contributed by atoms with van der Waals surface area (Å²) in [5.74, 6) is -0.436. The largest absolute Gasteiger partial charge is 0.484 e. The van der Waals surface area contributed by atoms with Crippen molar-refractivity contribution in [1.82, 2.24) is 10.9 Å². The van der Waals surface area contributed by atoms with Gasteiger partial charge in [-0.25, -0.2) is 0 Å². The highest BCUT2D eigenvalue weighted by Crippen LogP contribution is 2.16. The minimum Gasteiger partial charge on any atom is -0.484 e. The highest BCUT2D eigenvalue weighted by molar-refractivity contribution is 5.82. The molecule has 8 nitrogen and oxygen atoms in total. The summed E-state index contributed by atoms with van der Waals surface area (Å²) in [4.78, 5) is 32.8. The molecule has 0 atom stereocenters. The van der Waals surface area contributed by atoms with E-state index >= 15 is 0 Å². The highest BCUT2D eigenvalue weighted by Gasteiger charge is 2.07. The normalized spacial score (nSPS) is 9.86. The maximum atomic E-state index is 11.5. The molecule has 0 radical (unpaired) electrons. The van der Waals surface area contributed by atoms with Crippen LogP contribution in [0, 0.1) is 10.1 Å². The SMILES string of the molecule is CCCCCC(=O)NNC(=O)COc1ccc([N+](=O)[O-])cc1. The minimum absolute atomic E-state index is 0.0591. The average Bonchev–Trinajstić information content (AvgIpc) is 2.51. The molecular formula is C14H19N3O5. The number of non-ortho nitro benzene ring substituents is 1. The molecule has 22 heavy (non-hydrogen) atoms. The number of nitro groups is 1. The van der Waals surface area contributed by atoms with Crippen LogP contribution in [0.15, 0.2) is 24.3 Å². The fourth-order valence-corrected chi connectivity index (χ4v) is 1.59. The van der Waals surface area contributed by atoms with Gasteiger partial charge in [-0.1, -0.05) is 19.8 Å². The first-order chi connectivity index (χ1) is 10.5. The van der Waals surface area contributed by atoms with E-state index in [9.17, 15) is 19.7 Å². The Morgan fingerprint density at radius 2 is 1.77 bits per heavy atom. The Labute approximate surface area is 128 Å². The van der Waals surface area contributed by atoms with E-state index in [1.54, 1.807) is 0 Å². The van der Waals surface area contributed by atoms with Gasteiger partial charge in [-0.15, -0.1) is 0 Å². The number of nitro benzene ring substituents is 1. The molecule has 2 N–H and O–H groups in total. The molecule has 0 saturated carbocycles. The Balaban J connectivity index is 2.25. The molecule has 0 aliphatic carbocycles. The van der Waals surface area contributed by atoms with Gasteiger partial charge < -0.3 is 4.74 Å². The lowest BCUT2D eigenvalue weighted by Crippen LogP contribution is -2.43. The van der Waals surface area contributed by atoms with Crippen LogP contribution >= 0.6 is 0 Å². The Hall–Kier alpha value is -2.64. The maximum Gasteiger partial charge on any atom is 0.276 e. The number of carbonyl (C=O) groups is 2. The summed E-state index contributed by atoms with van der Waals surface area (Å²) in [5.41, 5.74) is 4.47. The number of hydrogen-bond donors (Lipinski definition) is 2. The van der Waals surface area contributed by atoms with Crippen molar-refractivity contribution in [3.05, 3.63) is 34.4 Å². The molecule has 120 valence electrons. The van der Waals surface area contributed by atoms with Crippen LogP contribution in [0.2, 0.25) is 0 Å². The van der Waals surface area contributed by atoms with Gasteiger partial charge in [0.05, 0.1) is 4.92 Å². The summed E-state index contributed by atoms with van der Waals surface area (Å²) in [5, 5.41) is 10.5. The summed E-state index contributed by atoms with van der Waals surface area (Å²) >= 11 is 0. The summed E-state index contributed by atoms with van der Waals surface area (Å²) in [6, 6.07) is 5.36. The summed E-state index contributed by atoms with van der Waals surface area (Å²) in [6.45, 7) is 1.74. The minimum atomic E-state index is -0.523. The van der Waals surface area contributed by atoms with E-state index < -0.39 is 10.8 Å². The number of amides is 2. The van der Waals surface area contributed by atoms with Crippen molar-refractivity contribution in [3.8, 4) is 5.75 Å². The van der Waals surface area contributed by atoms with Gasteiger partial charge >= 0.3 is 0 Å². The molecule has 2 amide bonds. The van der Waals surface area contributed by atoms with Gasteiger partial charge in [0.2, 0.25) is 5.91 Å². The molecule has 1 aromatic carbocycles. The average molecular weight is 309 g/mol. The first-order valence-electron chi connectivity index (χ1n) is 6.98. The lowest BCUT2D eigenvalue weighted by atomic mass is 10.2. The van der Waals surface area contributed by atoms with Crippen molar-refractivity contribution in [2.24, 2.45) is 0 Å². The van der Waals surface area contributed by atoms with Crippen molar-refractivity contribution < 1.29 is 19.2 Å². The van der Waals surface area contributed by atoms with E-state index in [0.29, 0.717) is 12.2 Å². The molecule has 0 aromatic heterocycles. The van der Waals surface area contributed by atoms with Crippen molar-refractivity contribution in [3.63, 3.8) is 0 Å². The van der Waals surface area contributed by atoms with Crippen LogP contribution in [-0.4, -0.2) is 23.3 Å². The number of carbonyl (C=O) groups excluding carboxylic acids is 2. The molecule has 0 aliphatic heterocycles. The second-order valence-electron chi connectivity index (χ2n) is 4.59. The van der Waals surface area contributed by atoms with Crippen LogP contribution in [0.25, 0.3) is 0 Å². The van der Waals surface area contributed by atoms with Crippen LogP contribution < -0.4 is 15.6 Å². The third kappa shape index (κ3) is 6.69. The topological polar surface area (TPSA) is 111 Å². The smallest absolute Gasteiger partial charge is 0.276 e. The zero-order valence-corrected chi connectivity index (χ0v) is 12.3. The Bertz CT molecular complexity index is 516. The van der Waals surface area contributed by atoms with Crippen LogP contribution in [0.3, 0.4) is 0 Å². The number of unbranched alkanes of at least 4 members (excludes halogenated alkanes) is 2. The van der Waals surface area contributed by atoms with Crippen LogP contribution in [0.5, 0.6) is 5.75 Å². The number of nitrogens with zero attached hydrogens (tertiary/aromatic N) is 1. The molecule has 0 heterocycles. The Morgan fingerprint density at radius 3 is 2.36 bits per heavy atom. The molecule has 8 heteroatoms. The third-order valence-electron chi connectivity index (χ3n) is 2.77. The van der Waals surface area contributed by atoms with Crippen molar-refractivity contribution in [1.29, 1.82) is 0 Å². The van der Waals surface area contributed by atoms with Crippen molar-refractivity contribution in [2.45, 2.75) is 32.6 Å². The Kier molecular flexibility index (Phi) is 7.38. The summed E-state index contributed by atoms with van der Waals surface area (Å²) < 4.78 is 5.15.